The lowest BCUT2D eigenvalue weighted by atomic mass is 10.1. The Morgan fingerprint density at radius 3 is 2.79 bits per heavy atom. The molecule has 2 N–H and O–H groups in total. The Labute approximate surface area is 87.6 Å². The molecule has 1 saturated heterocycles. The van der Waals surface area contributed by atoms with Crippen LogP contribution >= 0.6 is 0 Å². The van der Waals surface area contributed by atoms with Gasteiger partial charge in [-0.25, -0.2) is 0 Å². The Bertz CT molecular complexity index is 144. The summed E-state index contributed by atoms with van der Waals surface area (Å²) in [5, 5.41) is 3.49. The molecular weight excluding hydrogens is 176 g/mol. The highest BCUT2D eigenvalue weighted by Crippen LogP contribution is 2.10. The molecule has 2 atom stereocenters. The van der Waals surface area contributed by atoms with Crippen molar-refractivity contribution in [2.45, 2.75) is 52.1 Å². The minimum atomic E-state index is 0.448. The summed E-state index contributed by atoms with van der Waals surface area (Å²) in [4.78, 5) is 5.39. The van der Waals surface area contributed by atoms with E-state index in [0.717, 1.165) is 13.0 Å². The van der Waals surface area contributed by atoms with Crippen molar-refractivity contribution in [2.75, 3.05) is 13.2 Å². The van der Waals surface area contributed by atoms with Crippen LogP contribution in [0.15, 0.2) is 0 Å². The highest BCUT2D eigenvalue weighted by atomic mass is 16.6. The van der Waals surface area contributed by atoms with Crippen LogP contribution in [0.2, 0.25) is 0 Å². The molecular formula is C11H24N2O. The quantitative estimate of drug-likeness (QED) is 0.640. The molecule has 0 radical (unpaired) electrons. The number of hydrogen-bond donors (Lipinski definition) is 2. The fraction of sp³-hybridized carbons (Fsp3) is 1.00. The Balaban J connectivity index is 2.00. The highest BCUT2D eigenvalue weighted by molar-refractivity contribution is 4.77. The zero-order valence-corrected chi connectivity index (χ0v) is 9.68. The van der Waals surface area contributed by atoms with Crippen molar-refractivity contribution in [3.8, 4) is 0 Å². The smallest absolute Gasteiger partial charge is 0.0705 e. The van der Waals surface area contributed by atoms with Crippen molar-refractivity contribution < 1.29 is 4.84 Å². The standard InChI is InChI=1S/C11H24N2O/c1-9(2)8-14-13-10(3)7-11-5-4-6-12-11/h9-13H,4-8H2,1-3H3. The van der Waals surface area contributed by atoms with E-state index in [-0.39, 0.29) is 0 Å². The van der Waals surface area contributed by atoms with E-state index in [9.17, 15) is 0 Å². The second-order valence-corrected chi connectivity index (χ2v) is 4.75. The molecule has 0 aliphatic carbocycles. The van der Waals surface area contributed by atoms with Crippen molar-refractivity contribution in [2.24, 2.45) is 5.92 Å². The Kier molecular flexibility index (Phi) is 5.45. The zero-order valence-electron chi connectivity index (χ0n) is 9.68. The minimum absolute atomic E-state index is 0.448. The first-order valence-electron chi connectivity index (χ1n) is 5.79. The molecule has 3 heteroatoms. The van der Waals surface area contributed by atoms with Gasteiger partial charge in [-0.1, -0.05) is 13.8 Å². The topological polar surface area (TPSA) is 33.3 Å². The van der Waals surface area contributed by atoms with Crippen LogP contribution in [0.1, 0.15) is 40.0 Å². The average Bonchev–Trinajstić information content (AvgIpc) is 2.56. The van der Waals surface area contributed by atoms with E-state index in [1.54, 1.807) is 0 Å². The molecule has 2 unspecified atom stereocenters. The van der Waals surface area contributed by atoms with Gasteiger partial charge in [-0.15, -0.1) is 0 Å². The molecule has 0 aromatic heterocycles. The molecule has 14 heavy (non-hydrogen) atoms. The first-order valence-corrected chi connectivity index (χ1v) is 5.79. The first-order chi connectivity index (χ1) is 6.68. The summed E-state index contributed by atoms with van der Waals surface area (Å²) in [5.74, 6) is 0.597. The van der Waals surface area contributed by atoms with Gasteiger partial charge in [-0.3, -0.25) is 0 Å². The van der Waals surface area contributed by atoms with Gasteiger partial charge in [0, 0.05) is 12.1 Å². The van der Waals surface area contributed by atoms with Gasteiger partial charge in [0.05, 0.1) is 6.61 Å². The average molecular weight is 200 g/mol. The van der Waals surface area contributed by atoms with Crippen LogP contribution in [0.4, 0.5) is 0 Å². The van der Waals surface area contributed by atoms with Gasteiger partial charge in [-0.2, -0.15) is 5.48 Å². The van der Waals surface area contributed by atoms with Gasteiger partial charge in [0.25, 0.3) is 0 Å². The molecule has 1 aliphatic heterocycles. The third-order valence-corrected chi connectivity index (χ3v) is 2.50. The number of hydrogen-bond acceptors (Lipinski definition) is 3. The first kappa shape index (κ1) is 12.0. The van der Waals surface area contributed by atoms with Crippen LogP contribution in [0, 0.1) is 5.92 Å². The number of nitrogens with one attached hydrogen (secondary N) is 2. The maximum absolute atomic E-state index is 5.39. The van der Waals surface area contributed by atoms with Crippen LogP contribution in [0.3, 0.4) is 0 Å². The summed E-state index contributed by atoms with van der Waals surface area (Å²) in [7, 11) is 0. The predicted octanol–water partition coefficient (Wildman–Crippen LogP) is 1.69. The van der Waals surface area contributed by atoms with Crippen molar-refractivity contribution in [3.63, 3.8) is 0 Å². The van der Waals surface area contributed by atoms with E-state index in [0.29, 0.717) is 18.0 Å². The second kappa shape index (κ2) is 6.38. The van der Waals surface area contributed by atoms with E-state index >= 15 is 0 Å². The van der Waals surface area contributed by atoms with E-state index in [1.807, 2.05) is 0 Å². The van der Waals surface area contributed by atoms with Crippen molar-refractivity contribution in [1.82, 2.24) is 10.8 Å². The molecule has 1 fully saturated rings. The van der Waals surface area contributed by atoms with Crippen LogP contribution in [-0.4, -0.2) is 25.2 Å². The largest absolute Gasteiger partial charge is 0.314 e. The third kappa shape index (κ3) is 4.94. The van der Waals surface area contributed by atoms with Gasteiger partial charge < -0.3 is 10.2 Å². The molecule has 0 aromatic rings. The SMILES string of the molecule is CC(C)CONC(C)CC1CCCN1. The summed E-state index contributed by atoms with van der Waals surface area (Å²) >= 11 is 0. The van der Waals surface area contributed by atoms with Crippen molar-refractivity contribution in [1.29, 1.82) is 0 Å². The molecule has 0 spiro atoms. The van der Waals surface area contributed by atoms with Crippen LogP contribution in [-0.2, 0) is 4.84 Å². The van der Waals surface area contributed by atoms with Gasteiger partial charge in [0.15, 0.2) is 0 Å². The maximum atomic E-state index is 5.39. The summed E-state index contributed by atoms with van der Waals surface area (Å²) in [6.07, 6.45) is 3.80. The van der Waals surface area contributed by atoms with Crippen LogP contribution < -0.4 is 10.8 Å². The minimum Gasteiger partial charge on any atom is -0.314 e. The normalized spacial score (nSPS) is 24.4. The fourth-order valence-electron chi connectivity index (χ4n) is 1.79. The van der Waals surface area contributed by atoms with Gasteiger partial charge >= 0.3 is 0 Å². The Morgan fingerprint density at radius 1 is 1.43 bits per heavy atom. The van der Waals surface area contributed by atoms with Crippen LogP contribution in [0.5, 0.6) is 0 Å². The van der Waals surface area contributed by atoms with Gasteiger partial charge in [0.1, 0.15) is 0 Å². The zero-order chi connectivity index (χ0) is 10.4. The van der Waals surface area contributed by atoms with E-state index in [2.05, 4.69) is 31.6 Å². The predicted molar refractivity (Wildman–Crippen MR) is 59.0 cm³/mol. The maximum Gasteiger partial charge on any atom is 0.0705 e. The molecule has 84 valence electrons. The molecule has 0 saturated carbocycles. The van der Waals surface area contributed by atoms with Crippen LogP contribution in [0.25, 0.3) is 0 Å². The monoisotopic (exact) mass is 200 g/mol. The molecule has 3 nitrogen and oxygen atoms in total. The van der Waals surface area contributed by atoms with E-state index in [1.165, 1.54) is 19.4 Å². The number of rotatable bonds is 6. The molecule has 0 aromatic carbocycles. The second-order valence-electron chi connectivity index (χ2n) is 4.75. The molecule has 1 heterocycles. The molecule has 0 amide bonds. The lowest BCUT2D eigenvalue weighted by Crippen LogP contribution is -2.34. The van der Waals surface area contributed by atoms with E-state index in [4.69, 9.17) is 4.84 Å². The summed E-state index contributed by atoms with van der Waals surface area (Å²) in [6.45, 7) is 8.47. The highest BCUT2D eigenvalue weighted by Gasteiger charge is 2.16. The summed E-state index contributed by atoms with van der Waals surface area (Å²) < 4.78 is 0. The lowest BCUT2D eigenvalue weighted by Gasteiger charge is -2.18. The Morgan fingerprint density at radius 2 is 2.21 bits per heavy atom. The van der Waals surface area contributed by atoms with Crippen molar-refractivity contribution >= 4 is 0 Å². The molecule has 1 aliphatic rings. The lowest BCUT2D eigenvalue weighted by molar-refractivity contribution is 0.00143. The van der Waals surface area contributed by atoms with Gasteiger partial charge in [-0.05, 0) is 38.6 Å². The Hall–Kier alpha value is -0.120. The fourth-order valence-corrected chi connectivity index (χ4v) is 1.79. The number of hydroxylamine groups is 1. The molecule has 0 bridgehead atoms. The van der Waals surface area contributed by atoms with Gasteiger partial charge in [0.2, 0.25) is 0 Å². The molecule has 1 rings (SSSR count). The third-order valence-electron chi connectivity index (χ3n) is 2.50. The van der Waals surface area contributed by atoms with E-state index < -0.39 is 0 Å². The summed E-state index contributed by atoms with van der Waals surface area (Å²) in [5.41, 5.74) is 3.10. The van der Waals surface area contributed by atoms with Crippen molar-refractivity contribution in [3.05, 3.63) is 0 Å². The summed E-state index contributed by atoms with van der Waals surface area (Å²) in [6, 6.07) is 1.14.